The SMILES string of the molecule is Fc1cccc(CNc2ccc3ccccc3c2)c1Br. The molecule has 0 amide bonds. The lowest BCUT2D eigenvalue weighted by molar-refractivity contribution is 0.618. The number of halogens is 2. The molecule has 0 atom stereocenters. The molecule has 0 fully saturated rings. The lowest BCUT2D eigenvalue weighted by atomic mass is 10.1. The molecule has 0 saturated carbocycles. The Bertz CT molecular complexity index is 755. The van der Waals surface area contributed by atoms with E-state index in [1.807, 2.05) is 24.3 Å². The Labute approximate surface area is 125 Å². The summed E-state index contributed by atoms with van der Waals surface area (Å²) in [6.07, 6.45) is 0. The standard InChI is InChI=1S/C17H13BrFN/c18-17-14(6-3-7-16(17)19)11-20-15-9-8-12-4-1-2-5-13(12)10-15/h1-10,20H,11H2. The largest absolute Gasteiger partial charge is 0.381 e. The summed E-state index contributed by atoms with van der Waals surface area (Å²) in [5.74, 6) is -0.234. The Morgan fingerprint density at radius 3 is 2.55 bits per heavy atom. The third-order valence-corrected chi connectivity index (χ3v) is 4.15. The molecule has 20 heavy (non-hydrogen) atoms. The minimum absolute atomic E-state index is 0.234. The minimum Gasteiger partial charge on any atom is -0.381 e. The number of hydrogen-bond acceptors (Lipinski definition) is 1. The molecule has 0 aliphatic rings. The van der Waals surface area contributed by atoms with Crippen molar-refractivity contribution in [2.75, 3.05) is 5.32 Å². The summed E-state index contributed by atoms with van der Waals surface area (Å²) in [6, 6.07) is 19.5. The van der Waals surface area contributed by atoms with Crippen molar-refractivity contribution in [1.29, 1.82) is 0 Å². The van der Waals surface area contributed by atoms with Crippen LogP contribution in [0.1, 0.15) is 5.56 Å². The zero-order valence-corrected chi connectivity index (χ0v) is 12.3. The van der Waals surface area contributed by atoms with Gasteiger partial charge in [0.05, 0.1) is 4.47 Å². The van der Waals surface area contributed by atoms with Crippen LogP contribution in [0.3, 0.4) is 0 Å². The first-order valence-electron chi connectivity index (χ1n) is 6.39. The number of anilines is 1. The van der Waals surface area contributed by atoms with Crippen LogP contribution in [0.15, 0.2) is 65.1 Å². The first-order chi connectivity index (χ1) is 9.74. The first kappa shape index (κ1) is 13.1. The van der Waals surface area contributed by atoms with E-state index in [2.05, 4.69) is 45.5 Å². The van der Waals surface area contributed by atoms with E-state index < -0.39 is 0 Å². The van der Waals surface area contributed by atoms with Crippen molar-refractivity contribution in [3.8, 4) is 0 Å². The van der Waals surface area contributed by atoms with Gasteiger partial charge in [0, 0.05) is 12.2 Å². The van der Waals surface area contributed by atoms with Crippen LogP contribution in [0.25, 0.3) is 10.8 Å². The summed E-state index contributed by atoms with van der Waals surface area (Å²) >= 11 is 3.28. The second-order valence-electron chi connectivity index (χ2n) is 4.63. The van der Waals surface area contributed by atoms with E-state index in [0.717, 1.165) is 11.3 Å². The van der Waals surface area contributed by atoms with Gasteiger partial charge < -0.3 is 5.32 Å². The number of nitrogens with one attached hydrogen (secondary N) is 1. The van der Waals surface area contributed by atoms with Gasteiger partial charge in [0.2, 0.25) is 0 Å². The summed E-state index contributed by atoms with van der Waals surface area (Å²) in [4.78, 5) is 0. The Balaban J connectivity index is 1.81. The Hall–Kier alpha value is -1.87. The molecule has 0 heterocycles. The van der Waals surface area contributed by atoms with Crippen LogP contribution < -0.4 is 5.32 Å². The van der Waals surface area contributed by atoms with Gasteiger partial charge in [-0.2, -0.15) is 0 Å². The molecule has 0 aliphatic heterocycles. The molecule has 3 aromatic rings. The molecule has 0 saturated heterocycles. The second-order valence-corrected chi connectivity index (χ2v) is 5.42. The van der Waals surface area contributed by atoms with Crippen LogP contribution in [0.2, 0.25) is 0 Å². The van der Waals surface area contributed by atoms with Crippen molar-refractivity contribution in [2.45, 2.75) is 6.54 Å². The maximum Gasteiger partial charge on any atom is 0.137 e. The van der Waals surface area contributed by atoms with Gasteiger partial charge in [-0.1, -0.05) is 42.5 Å². The zero-order valence-electron chi connectivity index (χ0n) is 10.7. The molecular weight excluding hydrogens is 317 g/mol. The van der Waals surface area contributed by atoms with E-state index in [1.165, 1.54) is 16.8 Å². The Morgan fingerprint density at radius 2 is 1.70 bits per heavy atom. The fourth-order valence-electron chi connectivity index (χ4n) is 2.18. The van der Waals surface area contributed by atoms with Gasteiger partial charge >= 0.3 is 0 Å². The van der Waals surface area contributed by atoms with Crippen LogP contribution in [0, 0.1) is 5.82 Å². The summed E-state index contributed by atoms with van der Waals surface area (Å²) < 4.78 is 14.0. The fraction of sp³-hybridized carbons (Fsp3) is 0.0588. The highest BCUT2D eigenvalue weighted by molar-refractivity contribution is 9.10. The van der Waals surface area contributed by atoms with E-state index in [9.17, 15) is 4.39 Å². The molecule has 0 spiro atoms. The maximum absolute atomic E-state index is 13.4. The van der Waals surface area contributed by atoms with Gasteiger partial charge in [-0.05, 0) is 50.5 Å². The van der Waals surface area contributed by atoms with E-state index in [-0.39, 0.29) is 5.82 Å². The molecule has 3 aromatic carbocycles. The number of fused-ring (bicyclic) bond motifs is 1. The molecule has 1 N–H and O–H groups in total. The lowest BCUT2D eigenvalue weighted by Gasteiger charge is -2.09. The number of hydrogen-bond donors (Lipinski definition) is 1. The average molecular weight is 330 g/mol. The summed E-state index contributed by atoms with van der Waals surface area (Å²) in [5, 5.41) is 5.73. The zero-order chi connectivity index (χ0) is 13.9. The fourth-order valence-corrected chi connectivity index (χ4v) is 2.59. The van der Waals surface area contributed by atoms with E-state index in [4.69, 9.17) is 0 Å². The highest BCUT2D eigenvalue weighted by Gasteiger charge is 2.04. The van der Waals surface area contributed by atoms with Crippen LogP contribution in [0.4, 0.5) is 10.1 Å². The third kappa shape index (κ3) is 2.68. The van der Waals surface area contributed by atoms with Crippen LogP contribution >= 0.6 is 15.9 Å². The molecule has 3 rings (SSSR count). The van der Waals surface area contributed by atoms with Crippen molar-refractivity contribution in [3.63, 3.8) is 0 Å². The van der Waals surface area contributed by atoms with Crippen molar-refractivity contribution in [1.82, 2.24) is 0 Å². The molecule has 0 radical (unpaired) electrons. The molecule has 100 valence electrons. The number of benzene rings is 3. The lowest BCUT2D eigenvalue weighted by Crippen LogP contribution is -2.01. The molecular formula is C17H13BrFN. The normalized spacial score (nSPS) is 10.7. The summed E-state index contributed by atoms with van der Waals surface area (Å²) in [6.45, 7) is 0.580. The smallest absolute Gasteiger partial charge is 0.137 e. The van der Waals surface area contributed by atoms with Crippen molar-refractivity contribution >= 4 is 32.4 Å². The van der Waals surface area contributed by atoms with E-state index in [0.29, 0.717) is 11.0 Å². The average Bonchev–Trinajstić information content (AvgIpc) is 2.48. The van der Waals surface area contributed by atoms with Gasteiger partial charge in [-0.15, -0.1) is 0 Å². The van der Waals surface area contributed by atoms with Gasteiger partial charge in [0.15, 0.2) is 0 Å². The van der Waals surface area contributed by atoms with Crippen molar-refractivity contribution in [2.24, 2.45) is 0 Å². The maximum atomic E-state index is 13.4. The summed E-state index contributed by atoms with van der Waals surface area (Å²) in [5.41, 5.74) is 1.93. The molecule has 1 nitrogen and oxygen atoms in total. The molecule has 0 bridgehead atoms. The number of rotatable bonds is 3. The van der Waals surface area contributed by atoms with E-state index >= 15 is 0 Å². The molecule has 0 unspecified atom stereocenters. The molecule has 0 aromatic heterocycles. The van der Waals surface area contributed by atoms with Crippen molar-refractivity contribution in [3.05, 3.63) is 76.5 Å². The summed E-state index contributed by atoms with van der Waals surface area (Å²) in [7, 11) is 0. The molecule has 3 heteroatoms. The van der Waals surface area contributed by atoms with Crippen LogP contribution in [-0.2, 0) is 6.54 Å². The van der Waals surface area contributed by atoms with Gasteiger partial charge in [0.1, 0.15) is 5.82 Å². The third-order valence-electron chi connectivity index (χ3n) is 3.26. The second kappa shape index (κ2) is 5.63. The molecule has 0 aliphatic carbocycles. The van der Waals surface area contributed by atoms with E-state index in [1.54, 1.807) is 6.07 Å². The van der Waals surface area contributed by atoms with Gasteiger partial charge in [0.25, 0.3) is 0 Å². The quantitative estimate of drug-likeness (QED) is 0.682. The van der Waals surface area contributed by atoms with Gasteiger partial charge in [-0.3, -0.25) is 0 Å². The first-order valence-corrected chi connectivity index (χ1v) is 7.19. The van der Waals surface area contributed by atoms with Crippen LogP contribution in [0.5, 0.6) is 0 Å². The topological polar surface area (TPSA) is 12.0 Å². The Morgan fingerprint density at radius 1 is 0.900 bits per heavy atom. The predicted octanol–water partition coefficient (Wildman–Crippen LogP) is 5.35. The Kier molecular flexibility index (Phi) is 3.70. The minimum atomic E-state index is -0.234. The monoisotopic (exact) mass is 329 g/mol. The predicted molar refractivity (Wildman–Crippen MR) is 85.4 cm³/mol. The highest BCUT2D eigenvalue weighted by Crippen LogP contribution is 2.23. The van der Waals surface area contributed by atoms with Gasteiger partial charge in [-0.25, -0.2) is 4.39 Å². The van der Waals surface area contributed by atoms with Crippen LogP contribution in [-0.4, -0.2) is 0 Å². The van der Waals surface area contributed by atoms with Crippen molar-refractivity contribution < 1.29 is 4.39 Å². The highest BCUT2D eigenvalue weighted by atomic mass is 79.9.